The summed E-state index contributed by atoms with van der Waals surface area (Å²) in [7, 11) is 0. The van der Waals surface area contributed by atoms with Gasteiger partial charge in [-0.15, -0.1) is 12.4 Å². The van der Waals surface area contributed by atoms with Crippen molar-refractivity contribution in [2.45, 2.75) is 13.8 Å². The zero-order valence-corrected chi connectivity index (χ0v) is 15.0. The standard InChI is InChI=1S/C19H23N3O.ClH/c1-14-4-3-5-18(15(14)2)21-10-12-22(13-11-21)19(23)16-6-8-17(20)9-7-16;/h3-9H,10-13,20H2,1-2H3;1H. The molecule has 1 heterocycles. The molecule has 2 aromatic rings. The van der Waals surface area contributed by atoms with Gasteiger partial charge in [0.1, 0.15) is 0 Å². The SMILES string of the molecule is Cc1cccc(N2CCN(C(=O)c3ccc(N)cc3)CC2)c1C.Cl. The van der Waals surface area contributed by atoms with Crippen LogP contribution in [0.4, 0.5) is 11.4 Å². The first kappa shape index (κ1) is 18.1. The van der Waals surface area contributed by atoms with Gasteiger partial charge in [0.15, 0.2) is 0 Å². The maximum absolute atomic E-state index is 12.5. The number of aryl methyl sites for hydroxylation is 1. The van der Waals surface area contributed by atoms with Gasteiger partial charge in [-0.1, -0.05) is 12.1 Å². The van der Waals surface area contributed by atoms with Crippen LogP contribution < -0.4 is 10.6 Å². The molecule has 0 saturated carbocycles. The molecule has 0 aromatic heterocycles. The minimum atomic E-state index is 0. The van der Waals surface area contributed by atoms with Gasteiger partial charge in [0.05, 0.1) is 0 Å². The van der Waals surface area contributed by atoms with Crippen molar-refractivity contribution in [3.8, 4) is 0 Å². The number of hydrogen-bond donors (Lipinski definition) is 1. The van der Waals surface area contributed by atoms with Crippen LogP contribution in [0.15, 0.2) is 42.5 Å². The molecule has 1 saturated heterocycles. The van der Waals surface area contributed by atoms with Crippen LogP contribution in [0.2, 0.25) is 0 Å². The summed E-state index contributed by atoms with van der Waals surface area (Å²) in [5.74, 6) is 0.0885. The molecular weight excluding hydrogens is 322 g/mol. The molecule has 0 atom stereocenters. The molecule has 0 aliphatic carbocycles. The van der Waals surface area contributed by atoms with Crippen molar-refractivity contribution in [2.75, 3.05) is 36.8 Å². The maximum Gasteiger partial charge on any atom is 0.253 e. The molecule has 128 valence electrons. The number of anilines is 2. The van der Waals surface area contributed by atoms with Crippen molar-refractivity contribution in [1.82, 2.24) is 4.90 Å². The lowest BCUT2D eigenvalue weighted by atomic mass is 10.1. The van der Waals surface area contributed by atoms with E-state index in [-0.39, 0.29) is 18.3 Å². The van der Waals surface area contributed by atoms with Gasteiger partial charge in [0, 0.05) is 43.1 Å². The molecule has 1 fully saturated rings. The monoisotopic (exact) mass is 345 g/mol. The van der Waals surface area contributed by atoms with Crippen molar-refractivity contribution >= 4 is 29.7 Å². The van der Waals surface area contributed by atoms with Crippen LogP contribution in [0.3, 0.4) is 0 Å². The quantitative estimate of drug-likeness (QED) is 0.850. The smallest absolute Gasteiger partial charge is 0.253 e. The average molecular weight is 346 g/mol. The third kappa shape index (κ3) is 3.65. The third-order valence-corrected chi connectivity index (χ3v) is 4.64. The van der Waals surface area contributed by atoms with E-state index in [1.165, 1.54) is 16.8 Å². The number of halogens is 1. The van der Waals surface area contributed by atoms with E-state index >= 15 is 0 Å². The predicted molar refractivity (Wildman–Crippen MR) is 102 cm³/mol. The van der Waals surface area contributed by atoms with E-state index in [0.717, 1.165) is 26.2 Å². The predicted octanol–water partition coefficient (Wildman–Crippen LogP) is 3.27. The molecular formula is C19H24ClN3O. The second kappa shape index (κ2) is 7.58. The second-order valence-corrected chi connectivity index (χ2v) is 6.12. The Labute approximate surface area is 149 Å². The zero-order valence-electron chi connectivity index (χ0n) is 14.2. The minimum Gasteiger partial charge on any atom is -0.399 e. The minimum absolute atomic E-state index is 0. The highest BCUT2D eigenvalue weighted by Crippen LogP contribution is 2.24. The summed E-state index contributed by atoms with van der Waals surface area (Å²) in [4.78, 5) is 16.8. The van der Waals surface area contributed by atoms with E-state index in [9.17, 15) is 4.79 Å². The molecule has 1 amide bonds. The Morgan fingerprint density at radius 3 is 2.21 bits per heavy atom. The van der Waals surface area contributed by atoms with Crippen molar-refractivity contribution in [2.24, 2.45) is 0 Å². The van der Waals surface area contributed by atoms with E-state index in [2.05, 4.69) is 36.9 Å². The molecule has 2 aromatic carbocycles. The summed E-state index contributed by atoms with van der Waals surface area (Å²) < 4.78 is 0. The van der Waals surface area contributed by atoms with Crippen LogP contribution in [-0.4, -0.2) is 37.0 Å². The number of nitrogen functional groups attached to an aromatic ring is 1. The molecule has 5 heteroatoms. The number of carbonyl (C=O) groups excluding carboxylic acids is 1. The zero-order chi connectivity index (χ0) is 16.4. The second-order valence-electron chi connectivity index (χ2n) is 6.12. The van der Waals surface area contributed by atoms with Crippen LogP contribution in [-0.2, 0) is 0 Å². The highest BCUT2D eigenvalue weighted by atomic mass is 35.5. The molecule has 0 spiro atoms. The highest BCUT2D eigenvalue weighted by Gasteiger charge is 2.23. The Balaban J connectivity index is 0.00000208. The Morgan fingerprint density at radius 2 is 1.58 bits per heavy atom. The summed E-state index contributed by atoms with van der Waals surface area (Å²) >= 11 is 0. The average Bonchev–Trinajstić information content (AvgIpc) is 2.58. The number of piperazine rings is 1. The van der Waals surface area contributed by atoms with Crippen molar-refractivity contribution in [1.29, 1.82) is 0 Å². The summed E-state index contributed by atoms with van der Waals surface area (Å²) in [6.45, 7) is 7.53. The van der Waals surface area contributed by atoms with Crippen LogP contribution in [0.25, 0.3) is 0 Å². The van der Waals surface area contributed by atoms with Crippen molar-refractivity contribution in [3.05, 3.63) is 59.2 Å². The summed E-state index contributed by atoms with van der Waals surface area (Å²) in [5.41, 5.74) is 11.0. The lowest BCUT2D eigenvalue weighted by Gasteiger charge is -2.37. The largest absolute Gasteiger partial charge is 0.399 e. The Morgan fingerprint density at radius 1 is 0.958 bits per heavy atom. The van der Waals surface area contributed by atoms with Crippen molar-refractivity contribution in [3.63, 3.8) is 0 Å². The first-order valence-electron chi connectivity index (χ1n) is 8.02. The van der Waals surface area contributed by atoms with Crippen LogP contribution >= 0.6 is 12.4 Å². The molecule has 4 nitrogen and oxygen atoms in total. The topological polar surface area (TPSA) is 49.6 Å². The van der Waals surface area contributed by atoms with E-state index in [1.807, 2.05) is 4.90 Å². The Kier molecular flexibility index (Phi) is 5.73. The molecule has 2 N–H and O–H groups in total. The van der Waals surface area contributed by atoms with Crippen LogP contribution in [0.5, 0.6) is 0 Å². The molecule has 0 bridgehead atoms. The fraction of sp³-hybridized carbons (Fsp3) is 0.316. The number of carbonyl (C=O) groups is 1. The molecule has 0 radical (unpaired) electrons. The molecule has 24 heavy (non-hydrogen) atoms. The fourth-order valence-corrected chi connectivity index (χ4v) is 3.04. The van der Waals surface area contributed by atoms with Crippen LogP contribution in [0, 0.1) is 13.8 Å². The molecule has 1 aliphatic rings. The third-order valence-electron chi connectivity index (χ3n) is 4.64. The summed E-state index contributed by atoms with van der Waals surface area (Å²) in [5, 5.41) is 0. The van der Waals surface area contributed by atoms with E-state index < -0.39 is 0 Å². The van der Waals surface area contributed by atoms with E-state index in [1.54, 1.807) is 24.3 Å². The number of benzene rings is 2. The van der Waals surface area contributed by atoms with Gasteiger partial charge in [-0.05, 0) is 55.3 Å². The van der Waals surface area contributed by atoms with Crippen LogP contribution in [0.1, 0.15) is 21.5 Å². The maximum atomic E-state index is 12.5. The number of nitrogens with two attached hydrogens (primary N) is 1. The highest BCUT2D eigenvalue weighted by molar-refractivity contribution is 5.94. The van der Waals surface area contributed by atoms with Gasteiger partial charge in [-0.3, -0.25) is 4.79 Å². The van der Waals surface area contributed by atoms with E-state index in [0.29, 0.717) is 11.3 Å². The Bertz CT molecular complexity index is 707. The van der Waals surface area contributed by atoms with Gasteiger partial charge in [0.2, 0.25) is 0 Å². The first-order valence-corrected chi connectivity index (χ1v) is 8.02. The van der Waals surface area contributed by atoms with Gasteiger partial charge < -0.3 is 15.5 Å². The number of rotatable bonds is 2. The first-order chi connectivity index (χ1) is 11.1. The lowest BCUT2D eigenvalue weighted by molar-refractivity contribution is 0.0747. The molecule has 1 aliphatic heterocycles. The van der Waals surface area contributed by atoms with Gasteiger partial charge in [-0.25, -0.2) is 0 Å². The molecule has 3 rings (SSSR count). The van der Waals surface area contributed by atoms with Gasteiger partial charge in [0.25, 0.3) is 5.91 Å². The number of amides is 1. The number of hydrogen-bond acceptors (Lipinski definition) is 3. The molecule has 0 unspecified atom stereocenters. The lowest BCUT2D eigenvalue weighted by Crippen LogP contribution is -2.49. The normalized spacial score (nSPS) is 14.2. The van der Waals surface area contributed by atoms with Gasteiger partial charge >= 0.3 is 0 Å². The summed E-state index contributed by atoms with van der Waals surface area (Å²) in [6, 6.07) is 13.6. The number of nitrogens with zero attached hydrogens (tertiary/aromatic N) is 2. The summed E-state index contributed by atoms with van der Waals surface area (Å²) in [6.07, 6.45) is 0. The fourth-order valence-electron chi connectivity index (χ4n) is 3.04. The van der Waals surface area contributed by atoms with Crippen molar-refractivity contribution < 1.29 is 4.79 Å². The van der Waals surface area contributed by atoms with E-state index in [4.69, 9.17) is 5.73 Å². The van der Waals surface area contributed by atoms with Gasteiger partial charge in [-0.2, -0.15) is 0 Å². The Hall–Kier alpha value is -2.20.